The van der Waals surface area contributed by atoms with E-state index in [1.54, 1.807) is 11.8 Å². The van der Waals surface area contributed by atoms with Gasteiger partial charge in [-0.05, 0) is 0 Å². The lowest BCUT2D eigenvalue weighted by Gasteiger charge is -1.97. The van der Waals surface area contributed by atoms with Crippen molar-refractivity contribution >= 4 is 34.7 Å². The molecule has 0 aromatic carbocycles. The Bertz CT molecular complexity index is 262. The van der Waals surface area contributed by atoms with E-state index in [1.807, 2.05) is 0 Å². The van der Waals surface area contributed by atoms with Gasteiger partial charge in [0.25, 0.3) is 0 Å². The highest BCUT2D eigenvalue weighted by Gasteiger charge is 2.09. The molecule has 0 radical (unpaired) electrons. The Labute approximate surface area is 85.0 Å². The first-order valence-electron chi connectivity index (χ1n) is 3.56. The number of aliphatic hydroxyl groups excluding tert-OH is 1. The Hall–Kier alpha value is 0.230. The predicted molar refractivity (Wildman–Crippen MR) is 54.0 cm³/mol. The Morgan fingerprint density at radius 2 is 2.33 bits per heavy atom. The maximum Gasteiger partial charge on any atom is 0.152 e. The van der Waals surface area contributed by atoms with Gasteiger partial charge in [-0.25, -0.2) is 4.98 Å². The molecule has 12 heavy (non-hydrogen) atoms. The quantitative estimate of drug-likeness (QED) is 0.801. The smallest absolute Gasteiger partial charge is 0.152 e. The zero-order valence-corrected chi connectivity index (χ0v) is 9.26. The van der Waals surface area contributed by atoms with Crippen molar-refractivity contribution in [3.05, 3.63) is 10.0 Å². The number of nitrogens with zero attached hydrogens (tertiary/aromatic N) is 1. The Kier molecular flexibility index (Phi) is 3.83. The van der Waals surface area contributed by atoms with E-state index in [2.05, 4.69) is 18.8 Å². The summed E-state index contributed by atoms with van der Waals surface area (Å²) in [5, 5.41) is 9.78. The zero-order valence-electron chi connectivity index (χ0n) is 6.87. The van der Waals surface area contributed by atoms with Crippen LogP contribution in [0.3, 0.4) is 0 Å². The molecular formula is C7H10ClNOS2. The fourth-order valence-corrected chi connectivity index (χ4v) is 3.18. The maximum atomic E-state index is 8.84. The summed E-state index contributed by atoms with van der Waals surface area (Å²) in [6.45, 7) is 4.17. The lowest BCUT2D eigenvalue weighted by molar-refractivity contribution is 0.285. The molecule has 0 aliphatic rings. The van der Waals surface area contributed by atoms with E-state index >= 15 is 0 Å². The minimum Gasteiger partial charge on any atom is -0.391 e. The summed E-state index contributed by atoms with van der Waals surface area (Å²) in [7, 11) is 0. The van der Waals surface area contributed by atoms with Crippen molar-refractivity contribution in [1.29, 1.82) is 0 Å². The number of halogens is 1. The van der Waals surface area contributed by atoms with Gasteiger partial charge in [0, 0.05) is 5.25 Å². The molecule has 0 aliphatic heterocycles. The van der Waals surface area contributed by atoms with Crippen LogP contribution in [0.1, 0.15) is 18.7 Å². The molecule has 0 spiro atoms. The average Bonchev–Trinajstić information content (AvgIpc) is 2.29. The molecule has 0 unspecified atom stereocenters. The Balaban J connectivity index is 2.75. The van der Waals surface area contributed by atoms with E-state index in [0.717, 1.165) is 9.22 Å². The SMILES string of the molecule is CC(C)Sc1nc(Cl)c(CO)s1. The van der Waals surface area contributed by atoms with Gasteiger partial charge >= 0.3 is 0 Å². The number of hydrogen-bond donors (Lipinski definition) is 1. The van der Waals surface area contributed by atoms with E-state index in [1.165, 1.54) is 11.3 Å². The van der Waals surface area contributed by atoms with Crippen LogP contribution < -0.4 is 0 Å². The van der Waals surface area contributed by atoms with Crippen molar-refractivity contribution < 1.29 is 5.11 Å². The largest absolute Gasteiger partial charge is 0.391 e. The van der Waals surface area contributed by atoms with Crippen LogP contribution in [0.15, 0.2) is 4.34 Å². The Morgan fingerprint density at radius 1 is 1.67 bits per heavy atom. The molecule has 1 aromatic rings. The number of thioether (sulfide) groups is 1. The first-order valence-corrected chi connectivity index (χ1v) is 5.63. The van der Waals surface area contributed by atoms with Crippen LogP contribution in [0.25, 0.3) is 0 Å². The summed E-state index contributed by atoms with van der Waals surface area (Å²) in [5.41, 5.74) is 0. The topological polar surface area (TPSA) is 33.1 Å². The molecule has 1 aromatic heterocycles. The number of thiazole rings is 1. The molecule has 0 atom stereocenters. The molecule has 0 aliphatic carbocycles. The first-order chi connectivity index (χ1) is 5.63. The Morgan fingerprint density at radius 3 is 2.75 bits per heavy atom. The molecule has 0 fully saturated rings. The van der Waals surface area contributed by atoms with Crippen molar-refractivity contribution in [2.24, 2.45) is 0 Å². The summed E-state index contributed by atoms with van der Waals surface area (Å²) in [4.78, 5) is 4.86. The van der Waals surface area contributed by atoms with Gasteiger partial charge in [-0.1, -0.05) is 37.2 Å². The van der Waals surface area contributed by atoms with Gasteiger partial charge in [0.2, 0.25) is 0 Å². The average molecular weight is 224 g/mol. The van der Waals surface area contributed by atoms with Gasteiger partial charge in [0.15, 0.2) is 4.34 Å². The van der Waals surface area contributed by atoms with E-state index in [-0.39, 0.29) is 6.61 Å². The third-order valence-electron chi connectivity index (χ3n) is 1.11. The monoisotopic (exact) mass is 223 g/mol. The summed E-state index contributed by atoms with van der Waals surface area (Å²) in [6, 6.07) is 0. The van der Waals surface area contributed by atoms with Crippen molar-refractivity contribution in [2.45, 2.75) is 30.0 Å². The molecule has 1 rings (SSSR count). The standard InChI is InChI=1S/C7H10ClNOS2/c1-4(2)11-7-9-6(8)5(3-10)12-7/h4,10H,3H2,1-2H3. The molecular weight excluding hydrogens is 214 g/mol. The van der Waals surface area contributed by atoms with Gasteiger partial charge in [0.1, 0.15) is 5.15 Å². The van der Waals surface area contributed by atoms with Crippen LogP contribution in [-0.4, -0.2) is 15.3 Å². The van der Waals surface area contributed by atoms with Crippen LogP contribution in [-0.2, 0) is 6.61 Å². The summed E-state index contributed by atoms with van der Waals surface area (Å²) >= 11 is 8.87. The molecule has 5 heteroatoms. The minimum atomic E-state index is -0.0187. The van der Waals surface area contributed by atoms with Crippen molar-refractivity contribution in [3.8, 4) is 0 Å². The lowest BCUT2D eigenvalue weighted by atomic mass is 10.6. The van der Waals surface area contributed by atoms with Gasteiger partial charge in [-0.15, -0.1) is 11.3 Å². The second-order valence-corrected chi connectivity index (χ2v) is 5.78. The summed E-state index contributed by atoms with van der Waals surface area (Å²) in [6.07, 6.45) is 0. The molecule has 1 heterocycles. The van der Waals surface area contributed by atoms with Crippen LogP contribution in [0, 0.1) is 0 Å². The zero-order chi connectivity index (χ0) is 9.14. The van der Waals surface area contributed by atoms with E-state index in [0.29, 0.717) is 10.4 Å². The number of aliphatic hydroxyl groups is 1. The molecule has 0 amide bonds. The highest BCUT2D eigenvalue weighted by Crippen LogP contribution is 2.32. The lowest BCUT2D eigenvalue weighted by Crippen LogP contribution is -1.83. The minimum absolute atomic E-state index is 0.0187. The van der Waals surface area contributed by atoms with Crippen LogP contribution in [0.4, 0.5) is 0 Å². The summed E-state index contributed by atoms with van der Waals surface area (Å²) in [5.74, 6) is 0. The molecule has 68 valence electrons. The van der Waals surface area contributed by atoms with Crippen LogP contribution in [0.5, 0.6) is 0 Å². The molecule has 0 saturated heterocycles. The van der Waals surface area contributed by atoms with Crippen molar-refractivity contribution in [3.63, 3.8) is 0 Å². The number of rotatable bonds is 3. The third-order valence-corrected chi connectivity index (χ3v) is 3.67. The molecule has 1 N–H and O–H groups in total. The first kappa shape index (κ1) is 10.3. The van der Waals surface area contributed by atoms with Gasteiger partial charge in [-0.2, -0.15) is 0 Å². The second-order valence-electron chi connectivity index (χ2n) is 2.52. The van der Waals surface area contributed by atoms with Crippen LogP contribution >= 0.6 is 34.7 Å². The number of hydrogen-bond acceptors (Lipinski definition) is 4. The fraction of sp³-hybridized carbons (Fsp3) is 0.571. The van der Waals surface area contributed by atoms with Crippen molar-refractivity contribution in [1.82, 2.24) is 4.98 Å². The summed E-state index contributed by atoms with van der Waals surface area (Å²) < 4.78 is 0.930. The maximum absolute atomic E-state index is 8.84. The van der Waals surface area contributed by atoms with E-state index < -0.39 is 0 Å². The molecule has 2 nitrogen and oxygen atoms in total. The normalized spacial score (nSPS) is 11.1. The highest BCUT2D eigenvalue weighted by atomic mass is 35.5. The van der Waals surface area contributed by atoms with Gasteiger partial charge in [-0.3, -0.25) is 0 Å². The van der Waals surface area contributed by atoms with E-state index in [9.17, 15) is 0 Å². The van der Waals surface area contributed by atoms with Gasteiger partial charge in [0.05, 0.1) is 11.5 Å². The van der Waals surface area contributed by atoms with Crippen molar-refractivity contribution in [2.75, 3.05) is 0 Å². The second kappa shape index (κ2) is 4.46. The van der Waals surface area contributed by atoms with E-state index in [4.69, 9.17) is 16.7 Å². The van der Waals surface area contributed by atoms with Gasteiger partial charge < -0.3 is 5.11 Å². The number of aromatic nitrogens is 1. The predicted octanol–water partition coefficient (Wildman–Crippen LogP) is 2.79. The highest BCUT2D eigenvalue weighted by molar-refractivity contribution is 8.01. The molecule has 0 saturated carbocycles. The molecule has 0 bridgehead atoms. The fourth-order valence-electron chi connectivity index (χ4n) is 0.662. The van der Waals surface area contributed by atoms with Crippen LogP contribution in [0.2, 0.25) is 5.15 Å². The third kappa shape index (κ3) is 2.62.